The predicted molar refractivity (Wildman–Crippen MR) is 71.7 cm³/mol. The molecule has 0 unspecified atom stereocenters. The van der Waals surface area contributed by atoms with Crippen molar-refractivity contribution in [2.24, 2.45) is 0 Å². The number of hydrogen-bond donors (Lipinski definition) is 1. The molecule has 102 valence electrons. The average molecular weight is 299 g/mol. The topological polar surface area (TPSA) is 81.2 Å². The molecule has 19 heavy (non-hydrogen) atoms. The molecule has 6 nitrogen and oxygen atoms in total. The molecule has 8 heteroatoms. The van der Waals surface area contributed by atoms with E-state index in [9.17, 15) is 8.42 Å². The molecule has 0 spiro atoms. The Kier molecular flexibility index (Phi) is 4.13. The normalized spacial score (nSPS) is 11.5. The van der Waals surface area contributed by atoms with E-state index in [0.29, 0.717) is 17.3 Å². The molecule has 0 fully saturated rings. The molecule has 0 bridgehead atoms. The third-order valence-electron chi connectivity index (χ3n) is 2.34. The highest BCUT2D eigenvalue weighted by Gasteiger charge is 2.20. The Hall–Kier alpha value is -1.51. The van der Waals surface area contributed by atoms with Gasteiger partial charge in [-0.3, -0.25) is 0 Å². The van der Waals surface area contributed by atoms with Crippen LogP contribution in [0.5, 0.6) is 5.75 Å². The van der Waals surface area contributed by atoms with E-state index in [0.717, 1.165) is 11.3 Å². The number of hydrogen-bond acceptors (Lipinski definition) is 6. The van der Waals surface area contributed by atoms with Crippen molar-refractivity contribution in [3.63, 3.8) is 0 Å². The third-order valence-corrected chi connectivity index (χ3v) is 5.18. The van der Waals surface area contributed by atoms with E-state index in [4.69, 9.17) is 4.74 Å². The van der Waals surface area contributed by atoms with Gasteiger partial charge in [0.05, 0.1) is 19.3 Å². The summed E-state index contributed by atoms with van der Waals surface area (Å²) in [5, 5.41) is 1.67. The second-order valence-electron chi connectivity index (χ2n) is 3.70. The summed E-state index contributed by atoms with van der Waals surface area (Å²) in [6.45, 7) is 1.87. The Morgan fingerprint density at radius 3 is 2.89 bits per heavy atom. The van der Waals surface area contributed by atoms with Crippen molar-refractivity contribution >= 4 is 21.4 Å². The maximum atomic E-state index is 12.1. The largest absolute Gasteiger partial charge is 0.494 e. The second kappa shape index (κ2) is 5.64. The maximum absolute atomic E-state index is 12.1. The molecule has 2 aromatic heterocycles. The van der Waals surface area contributed by atoms with Crippen molar-refractivity contribution in [3.05, 3.63) is 35.2 Å². The molecule has 2 aromatic rings. The van der Waals surface area contributed by atoms with E-state index < -0.39 is 10.0 Å². The number of nitrogens with zero attached hydrogens (tertiary/aromatic N) is 2. The number of nitrogens with one attached hydrogen (secondary N) is 1. The number of aryl methyl sites for hydroxylation is 1. The Bertz CT molecular complexity index is 667. The van der Waals surface area contributed by atoms with Crippen molar-refractivity contribution in [2.75, 3.05) is 7.11 Å². The van der Waals surface area contributed by atoms with Crippen LogP contribution in [0.3, 0.4) is 0 Å². The molecule has 0 amide bonds. The molecule has 0 aliphatic carbocycles. The lowest BCUT2D eigenvalue weighted by Crippen LogP contribution is -2.23. The van der Waals surface area contributed by atoms with Gasteiger partial charge in [0.15, 0.2) is 4.21 Å². The summed E-state index contributed by atoms with van der Waals surface area (Å²) in [5.41, 5.74) is 0.617. The van der Waals surface area contributed by atoms with Gasteiger partial charge in [-0.1, -0.05) is 0 Å². The highest BCUT2D eigenvalue weighted by atomic mass is 32.2. The van der Waals surface area contributed by atoms with Gasteiger partial charge in [-0.15, -0.1) is 11.3 Å². The van der Waals surface area contributed by atoms with Gasteiger partial charge in [-0.2, -0.15) is 0 Å². The van der Waals surface area contributed by atoms with E-state index in [1.165, 1.54) is 7.11 Å². The quantitative estimate of drug-likeness (QED) is 0.901. The molecule has 0 radical (unpaired) electrons. The summed E-state index contributed by atoms with van der Waals surface area (Å²) in [4.78, 5) is 8.09. The molecular weight excluding hydrogens is 286 g/mol. The molecular formula is C11H13N3O3S2. The van der Waals surface area contributed by atoms with Gasteiger partial charge >= 0.3 is 0 Å². The summed E-state index contributed by atoms with van der Waals surface area (Å²) in [7, 11) is -2.15. The van der Waals surface area contributed by atoms with E-state index in [1.807, 2.05) is 0 Å². The Balaban J connectivity index is 2.14. The lowest BCUT2D eigenvalue weighted by atomic mass is 10.4. The molecule has 0 saturated carbocycles. The maximum Gasteiger partial charge on any atom is 0.254 e. The predicted octanol–water partition coefficient (Wildman–Crippen LogP) is 1.33. The van der Waals surface area contributed by atoms with Crippen LogP contribution in [-0.2, 0) is 16.6 Å². The molecule has 0 saturated heterocycles. The van der Waals surface area contributed by atoms with Crippen molar-refractivity contribution in [3.8, 4) is 5.75 Å². The van der Waals surface area contributed by atoms with Crippen molar-refractivity contribution < 1.29 is 13.2 Å². The van der Waals surface area contributed by atoms with Crippen molar-refractivity contribution in [1.82, 2.24) is 14.7 Å². The molecule has 2 rings (SSSR count). The van der Waals surface area contributed by atoms with Crippen LogP contribution in [0.15, 0.2) is 27.9 Å². The lowest BCUT2D eigenvalue weighted by Gasteiger charge is -2.06. The fourth-order valence-corrected chi connectivity index (χ4v) is 3.79. The fourth-order valence-electron chi connectivity index (χ4n) is 1.47. The molecule has 0 atom stereocenters. The van der Waals surface area contributed by atoms with E-state index >= 15 is 0 Å². The monoisotopic (exact) mass is 299 g/mol. The smallest absolute Gasteiger partial charge is 0.254 e. The summed E-state index contributed by atoms with van der Waals surface area (Å²) in [6.07, 6.45) is 1.59. The van der Waals surface area contributed by atoms with Gasteiger partial charge in [-0.05, 0) is 24.4 Å². The van der Waals surface area contributed by atoms with Crippen molar-refractivity contribution in [1.29, 1.82) is 0 Å². The van der Waals surface area contributed by atoms with Gasteiger partial charge < -0.3 is 4.74 Å². The zero-order valence-electron chi connectivity index (χ0n) is 10.5. The lowest BCUT2D eigenvalue weighted by molar-refractivity contribution is 0.406. The minimum atomic E-state index is -3.59. The van der Waals surface area contributed by atoms with Gasteiger partial charge in [0.25, 0.3) is 10.0 Å². The molecule has 1 N–H and O–H groups in total. The van der Waals surface area contributed by atoms with Gasteiger partial charge in [0.2, 0.25) is 0 Å². The van der Waals surface area contributed by atoms with E-state index in [-0.39, 0.29) is 10.8 Å². The summed E-state index contributed by atoms with van der Waals surface area (Å²) >= 11 is 1.11. The van der Waals surface area contributed by atoms with Crippen LogP contribution in [0.4, 0.5) is 0 Å². The average Bonchev–Trinajstić information content (AvgIpc) is 2.86. The number of methoxy groups -OCH3 is 1. The first kappa shape index (κ1) is 13.9. The van der Waals surface area contributed by atoms with Gasteiger partial charge in [0.1, 0.15) is 11.6 Å². The number of sulfonamides is 1. The molecule has 0 aliphatic rings. The third kappa shape index (κ3) is 3.28. The van der Waals surface area contributed by atoms with E-state index in [2.05, 4.69) is 14.7 Å². The Morgan fingerprint density at radius 2 is 2.21 bits per heavy atom. The first-order valence-corrected chi connectivity index (χ1v) is 7.79. The number of thiophene rings is 1. The van der Waals surface area contributed by atoms with Gasteiger partial charge in [-0.25, -0.2) is 23.1 Å². The van der Waals surface area contributed by atoms with Crippen LogP contribution in [0.2, 0.25) is 0 Å². The Morgan fingerprint density at radius 1 is 1.42 bits per heavy atom. The second-order valence-corrected chi connectivity index (χ2v) is 6.57. The summed E-state index contributed by atoms with van der Waals surface area (Å²) < 4.78 is 31.9. The standard InChI is InChI=1S/C11H13N3O3S2/c1-8-12-5-3-9(14-8)7-13-19(15,16)11-10(17-2)4-6-18-11/h3-6,13H,7H2,1-2H3. The SMILES string of the molecule is COc1ccsc1S(=O)(=O)NCc1ccnc(C)n1. The fraction of sp³-hybridized carbons (Fsp3) is 0.273. The molecule has 0 aromatic carbocycles. The van der Waals surface area contributed by atoms with Crippen LogP contribution in [0, 0.1) is 6.92 Å². The van der Waals surface area contributed by atoms with E-state index in [1.54, 1.807) is 30.6 Å². The highest BCUT2D eigenvalue weighted by Crippen LogP contribution is 2.29. The van der Waals surface area contributed by atoms with Crippen molar-refractivity contribution in [2.45, 2.75) is 17.7 Å². The number of rotatable bonds is 5. The van der Waals surface area contributed by atoms with Crippen LogP contribution in [-0.4, -0.2) is 25.5 Å². The van der Waals surface area contributed by atoms with Gasteiger partial charge in [0, 0.05) is 6.20 Å². The van der Waals surface area contributed by atoms with Crippen LogP contribution >= 0.6 is 11.3 Å². The van der Waals surface area contributed by atoms with Crippen LogP contribution in [0.1, 0.15) is 11.5 Å². The first-order chi connectivity index (χ1) is 9.03. The minimum Gasteiger partial charge on any atom is -0.494 e. The zero-order valence-corrected chi connectivity index (χ0v) is 12.1. The zero-order chi connectivity index (χ0) is 13.9. The number of ether oxygens (including phenoxy) is 1. The summed E-state index contributed by atoms with van der Waals surface area (Å²) in [6, 6.07) is 3.29. The minimum absolute atomic E-state index is 0.118. The summed E-state index contributed by atoms with van der Waals surface area (Å²) in [5.74, 6) is 0.946. The number of aromatic nitrogens is 2. The van der Waals surface area contributed by atoms with Crippen LogP contribution < -0.4 is 9.46 Å². The molecule has 0 aliphatic heterocycles. The van der Waals surface area contributed by atoms with Crippen LogP contribution in [0.25, 0.3) is 0 Å². The molecule has 2 heterocycles. The first-order valence-electron chi connectivity index (χ1n) is 5.42. The highest BCUT2D eigenvalue weighted by molar-refractivity contribution is 7.91. The Labute approximate surface area is 115 Å².